The number of rotatable bonds is 8. The van der Waals surface area contributed by atoms with Gasteiger partial charge in [0.1, 0.15) is 6.33 Å². The molecule has 1 unspecified atom stereocenters. The number of aliphatic hydroxyl groups is 1. The zero-order valence-corrected chi connectivity index (χ0v) is 16.0. The average molecular weight is 378 g/mol. The summed E-state index contributed by atoms with van der Waals surface area (Å²) in [4.78, 5) is 8.86. The summed E-state index contributed by atoms with van der Waals surface area (Å²) in [5, 5.41) is 23.1. The van der Waals surface area contributed by atoms with E-state index < -0.39 is 0 Å². The van der Waals surface area contributed by atoms with Gasteiger partial charge in [-0.15, -0.1) is 0 Å². The Kier molecular flexibility index (Phi) is 7.14. The molecule has 1 atom stereocenters. The van der Waals surface area contributed by atoms with Crippen molar-refractivity contribution in [2.24, 2.45) is 4.99 Å². The van der Waals surface area contributed by atoms with Crippen molar-refractivity contribution in [1.29, 1.82) is 0 Å². The van der Waals surface area contributed by atoms with Crippen molar-refractivity contribution in [2.45, 2.75) is 19.4 Å². The van der Waals surface area contributed by atoms with Crippen LogP contribution in [0.15, 0.2) is 65.9 Å². The van der Waals surface area contributed by atoms with Crippen LogP contribution in [0.4, 0.5) is 0 Å². The molecule has 0 fully saturated rings. The molecular weight excluding hydrogens is 352 g/mol. The van der Waals surface area contributed by atoms with E-state index >= 15 is 0 Å². The Balaban J connectivity index is 1.65. The number of guanidine groups is 1. The van der Waals surface area contributed by atoms with Crippen LogP contribution in [0.25, 0.3) is 11.4 Å². The highest BCUT2D eigenvalue weighted by atomic mass is 16.3. The molecule has 7 heteroatoms. The van der Waals surface area contributed by atoms with Gasteiger partial charge in [-0.1, -0.05) is 48.5 Å². The molecule has 3 aromatic rings. The predicted octanol–water partition coefficient (Wildman–Crippen LogP) is 2.30. The van der Waals surface area contributed by atoms with Crippen molar-refractivity contribution in [3.05, 3.63) is 72.1 Å². The van der Waals surface area contributed by atoms with Gasteiger partial charge in [-0.3, -0.25) is 5.10 Å². The Hall–Kier alpha value is -3.19. The van der Waals surface area contributed by atoms with Gasteiger partial charge >= 0.3 is 0 Å². The average Bonchev–Trinajstić information content (AvgIpc) is 3.28. The van der Waals surface area contributed by atoms with E-state index in [4.69, 9.17) is 0 Å². The zero-order valence-electron chi connectivity index (χ0n) is 16.0. The van der Waals surface area contributed by atoms with Crippen molar-refractivity contribution in [2.75, 3.05) is 19.7 Å². The molecule has 0 bridgehead atoms. The third-order valence-corrected chi connectivity index (χ3v) is 4.39. The van der Waals surface area contributed by atoms with Crippen molar-refractivity contribution >= 4 is 5.96 Å². The topological polar surface area (TPSA) is 98.2 Å². The molecule has 0 spiro atoms. The first-order chi connectivity index (χ1) is 13.8. The molecule has 7 nitrogen and oxygen atoms in total. The second-order valence-corrected chi connectivity index (χ2v) is 6.40. The second-order valence-electron chi connectivity index (χ2n) is 6.40. The van der Waals surface area contributed by atoms with Gasteiger partial charge in [0.05, 0.1) is 13.2 Å². The lowest BCUT2D eigenvalue weighted by molar-refractivity contribution is 0.265. The van der Waals surface area contributed by atoms with E-state index in [9.17, 15) is 5.11 Å². The molecule has 0 aliphatic heterocycles. The number of nitrogens with zero attached hydrogens (tertiary/aromatic N) is 3. The fraction of sp³-hybridized carbons (Fsp3) is 0.286. The lowest BCUT2D eigenvalue weighted by Crippen LogP contribution is -2.39. The van der Waals surface area contributed by atoms with Crippen LogP contribution >= 0.6 is 0 Å². The van der Waals surface area contributed by atoms with Gasteiger partial charge < -0.3 is 15.7 Å². The van der Waals surface area contributed by atoms with Crippen LogP contribution in [-0.2, 0) is 6.54 Å². The molecule has 28 heavy (non-hydrogen) atoms. The van der Waals surface area contributed by atoms with E-state index in [1.165, 1.54) is 6.33 Å². The lowest BCUT2D eigenvalue weighted by atomic mass is 10.0. The summed E-state index contributed by atoms with van der Waals surface area (Å²) in [5.41, 5.74) is 3.16. The monoisotopic (exact) mass is 378 g/mol. The van der Waals surface area contributed by atoms with Crippen LogP contribution in [0.1, 0.15) is 24.0 Å². The molecule has 0 aliphatic rings. The van der Waals surface area contributed by atoms with E-state index in [0.717, 1.165) is 35.0 Å². The largest absolute Gasteiger partial charge is 0.396 e. The highest BCUT2D eigenvalue weighted by molar-refractivity contribution is 5.79. The quantitative estimate of drug-likeness (QED) is 0.356. The summed E-state index contributed by atoms with van der Waals surface area (Å²) in [5.74, 6) is 1.48. The lowest BCUT2D eigenvalue weighted by Gasteiger charge is -2.18. The van der Waals surface area contributed by atoms with E-state index in [1.54, 1.807) is 0 Å². The molecule has 1 aromatic heterocycles. The number of hydrogen-bond donors (Lipinski definition) is 4. The Morgan fingerprint density at radius 2 is 2.00 bits per heavy atom. The Bertz CT molecular complexity index is 864. The third kappa shape index (κ3) is 5.40. The molecule has 0 aliphatic carbocycles. The van der Waals surface area contributed by atoms with Crippen LogP contribution in [0.3, 0.4) is 0 Å². The Morgan fingerprint density at radius 1 is 1.14 bits per heavy atom. The summed E-state index contributed by atoms with van der Waals surface area (Å²) in [6, 6.07) is 18.1. The van der Waals surface area contributed by atoms with Gasteiger partial charge in [-0.25, -0.2) is 9.98 Å². The minimum atomic E-state index is 0.0137. The van der Waals surface area contributed by atoms with Crippen LogP contribution < -0.4 is 10.6 Å². The van der Waals surface area contributed by atoms with Crippen molar-refractivity contribution < 1.29 is 5.11 Å². The maximum Gasteiger partial charge on any atom is 0.191 e. The van der Waals surface area contributed by atoms with Crippen LogP contribution in [0.5, 0.6) is 0 Å². The van der Waals surface area contributed by atoms with Crippen LogP contribution in [-0.4, -0.2) is 45.9 Å². The van der Waals surface area contributed by atoms with Crippen LogP contribution in [0.2, 0.25) is 0 Å². The standard InChI is InChI=1S/C21H26N6O/c1-2-22-21(24-13-19(14-28)17-8-4-3-5-9-17)23-12-16-7-6-10-18(11-16)20-25-15-26-27-20/h3-11,15,19,28H,2,12-14H2,1H3,(H2,22,23,24)(H,25,26,27). The van der Waals surface area contributed by atoms with Gasteiger partial charge in [0.25, 0.3) is 0 Å². The Morgan fingerprint density at radius 3 is 2.71 bits per heavy atom. The maximum absolute atomic E-state index is 9.74. The second kappa shape index (κ2) is 10.2. The minimum absolute atomic E-state index is 0.0137. The van der Waals surface area contributed by atoms with Crippen LogP contribution in [0, 0.1) is 0 Å². The highest BCUT2D eigenvalue weighted by Gasteiger charge is 2.11. The first kappa shape index (κ1) is 19.6. The third-order valence-electron chi connectivity index (χ3n) is 4.39. The number of aromatic nitrogens is 3. The van der Waals surface area contributed by atoms with E-state index in [0.29, 0.717) is 13.1 Å². The molecule has 146 valence electrons. The molecular formula is C21H26N6O. The minimum Gasteiger partial charge on any atom is -0.396 e. The molecule has 0 amide bonds. The SMILES string of the molecule is CCNC(=NCc1cccc(-c2ncn[nH]2)c1)NCC(CO)c1ccccc1. The predicted molar refractivity (Wildman–Crippen MR) is 111 cm³/mol. The van der Waals surface area contributed by atoms with Gasteiger partial charge in [0, 0.05) is 24.6 Å². The molecule has 0 radical (unpaired) electrons. The molecule has 0 saturated heterocycles. The number of nitrogens with one attached hydrogen (secondary N) is 3. The van der Waals surface area contributed by atoms with Crippen molar-refractivity contribution in [3.8, 4) is 11.4 Å². The first-order valence-corrected chi connectivity index (χ1v) is 9.42. The van der Waals surface area contributed by atoms with E-state index in [2.05, 4.69) is 30.8 Å². The highest BCUT2D eigenvalue weighted by Crippen LogP contribution is 2.16. The molecule has 0 saturated carbocycles. The van der Waals surface area contributed by atoms with Gasteiger partial charge in [-0.2, -0.15) is 5.10 Å². The van der Waals surface area contributed by atoms with E-state index in [-0.39, 0.29) is 12.5 Å². The molecule has 1 heterocycles. The smallest absolute Gasteiger partial charge is 0.191 e. The van der Waals surface area contributed by atoms with Crippen molar-refractivity contribution in [3.63, 3.8) is 0 Å². The number of hydrogen-bond acceptors (Lipinski definition) is 4. The summed E-state index contributed by atoms with van der Waals surface area (Å²) >= 11 is 0. The number of aromatic amines is 1. The fourth-order valence-corrected chi connectivity index (χ4v) is 2.91. The molecule has 3 rings (SSSR count). The number of H-pyrrole nitrogens is 1. The summed E-state index contributed by atoms with van der Waals surface area (Å²) < 4.78 is 0. The van der Waals surface area contributed by atoms with Gasteiger partial charge in [0.15, 0.2) is 11.8 Å². The molecule has 4 N–H and O–H groups in total. The van der Waals surface area contributed by atoms with Gasteiger partial charge in [0.2, 0.25) is 0 Å². The maximum atomic E-state index is 9.74. The van der Waals surface area contributed by atoms with E-state index in [1.807, 2.05) is 61.5 Å². The number of aliphatic hydroxyl groups excluding tert-OH is 1. The van der Waals surface area contributed by atoms with Crippen molar-refractivity contribution in [1.82, 2.24) is 25.8 Å². The van der Waals surface area contributed by atoms with Gasteiger partial charge in [-0.05, 0) is 24.1 Å². The summed E-state index contributed by atoms with van der Waals surface area (Å²) in [6.45, 7) is 4.01. The summed E-state index contributed by atoms with van der Waals surface area (Å²) in [7, 11) is 0. The number of aliphatic imine (C=N–C) groups is 1. The zero-order chi connectivity index (χ0) is 19.6. The summed E-state index contributed by atoms with van der Waals surface area (Å²) in [6.07, 6.45) is 1.50. The Labute approximate surface area is 165 Å². The first-order valence-electron chi connectivity index (χ1n) is 9.42. The fourth-order valence-electron chi connectivity index (χ4n) is 2.91. The normalized spacial score (nSPS) is 12.6. The molecule has 2 aromatic carbocycles. The number of benzene rings is 2.